The Hall–Kier alpha value is -2.61. The summed E-state index contributed by atoms with van der Waals surface area (Å²) in [4.78, 5) is 43.1. The molecule has 2 aliphatic rings. The van der Waals surface area contributed by atoms with Crippen molar-refractivity contribution in [2.45, 2.75) is 89.9 Å². The molecule has 35 heavy (non-hydrogen) atoms. The van der Waals surface area contributed by atoms with Crippen LogP contribution in [0.3, 0.4) is 0 Å². The number of likely N-dealkylation sites (tertiary alicyclic amines) is 1. The monoisotopic (exact) mass is 487 g/mol. The number of rotatable bonds is 6. The van der Waals surface area contributed by atoms with Gasteiger partial charge in [0.25, 0.3) is 5.91 Å². The molecule has 0 radical (unpaired) electrons. The Bertz CT molecular complexity index is 955. The van der Waals surface area contributed by atoms with Gasteiger partial charge in [-0.05, 0) is 70.2 Å². The third kappa shape index (κ3) is 5.80. The lowest BCUT2D eigenvalue weighted by Gasteiger charge is -2.43. The Kier molecular flexibility index (Phi) is 8.14. The first kappa shape index (κ1) is 27.0. The molecule has 1 aromatic carbocycles. The second kappa shape index (κ2) is 10.6. The summed E-state index contributed by atoms with van der Waals surface area (Å²) < 4.78 is 5.12. The van der Waals surface area contributed by atoms with Crippen molar-refractivity contribution in [2.75, 3.05) is 20.7 Å². The van der Waals surface area contributed by atoms with Gasteiger partial charge in [0.05, 0.1) is 13.0 Å². The quantitative estimate of drug-likeness (QED) is 0.599. The fraction of sp³-hybridized carbons (Fsp3) is 0.667. The lowest BCUT2D eigenvalue weighted by molar-refractivity contribution is -0.152. The highest BCUT2D eigenvalue weighted by Gasteiger charge is 2.45. The molecule has 194 valence electrons. The van der Waals surface area contributed by atoms with E-state index in [2.05, 4.69) is 31.1 Å². The number of methoxy groups -OCH3 is 1. The van der Waals surface area contributed by atoms with E-state index in [1.165, 1.54) is 13.2 Å². The molecule has 1 aliphatic heterocycles. The topological polar surface area (TPSA) is 99.2 Å². The number of aromatic hydroxyl groups is 1. The molecule has 8 nitrogen and oxygen atoms in total. The first-order valence-corrected chi connectivity index (χ1v) is 12.6. The van der Waals surface area contributed by atoms with Gasteiger partial charge < -0.3 is 25.0 Å². The number of phenols is 1. The number of nitrogens with one attached hydrogen (secondary N) is 1. The van der Waals surface area contributed by atoms with Crippen LogP contribution < -0.4 is 5.32 Å². The van der Waals surface area contributed by atoms with E-state index < -0.39 is 6.04 Å². The van der Waals surface area contributed by atoms with Gasteiger partial charge in [0, 0.05) is 35.8 Å². The molecule has 1 saturated carbocycles. The van der Waals surface area contributed by atoms with Crippen LogP contribution in [-0.4, -0.2) is 77.6 Å². The highest BCUT2D eigenvalue weighted by atomic mass is 16.5. The molecule has 2 N–H and O–H groups in total. The molecule has 0 bridgehead atoms. The third-order valence-corrected chi connectivity index (χ3v) is 7.69. The molecule has 1 heterocycles. The smallest absolute Gasteiger partial charge is 0.310 e. The third-order valence-electron chi connectivity index (χ3n) is 7.69. The summed E-state index contributed by atoms with van der Waals surface area (Å²) in [5.41, 5.74) is 0.753. The average molecular weight is 488 g/mol. The van der Waals surface area contributed by atoms with Crippen LogP contribution in [0.5, 0.6) is 5.75 Å². The normalized spacial score (nSPS) is 25.3. The predicted octanol–water partition coefficient (Wildman–Crippen LogP) is 3.07. The van der Waals surface area contributed by atoms with Crippen LogP contribution in [0, 0.1) is 5.92 Å². The molecule has 3 unspecified atom stereocenters. The van der Waals surface area contributed by atoms with E-state index in [1.807, 2.05) is 20.8 Å². The van der Waals surface area contributed by atoms with Crippen molar-refractivity contribution in [2.24, 2.45) is 5.92 Å². The summed E-state index contributed by atoms with van der Waals surface area (Å²) in [6.45, 7) is 10.7. The van der Waals surface area contributed by atoms with Crippen molar-refractivity contribution >= 4 is 17.8 Å². The zero-order valence-electron chi connectivity index (χ0n) is 22.1. The molecule has 8 heteroatoms. The number of hydrogen-bond donors (Lipinski definition) is 2. The standard InChI is InChI=1S/C27H41N3O5/c1-16(2)29(6)18-9-10-22(19(15-18)26(34)35-7)30-13-12-21(25(30)33)28-24(32)17-8-11-23(31)20(14-17)27(3,4)5/h8,11,14,16,18-19,21-22,31H,9-10,12-13,15H2,1-7H3,(H,28,32)/t18?,19?,21-,22?/m0/s1. The van der Waals surface area contributed by atoms with Crippen molar-refractivity contribution in [3.05, 3.63) is 29.3 Å². The molecule has 2 fully saturated rings. The first-order chi connectivity index (χ1) is 16.3. The van der Waals surface area contributed by atoms with Gasteiger partial charge in [-0.3, -0.25) is 14.4 Å². The average Bonchev–Trinajstić information content (AvgIpc) is 3.16. The van der Waals surface area contributed by atoms with Gasteiger partial charge in [-0.1, -0.05) is 20.8 Å². The molecule has 0 spiro atoms. The van der Waals surface area contributed by atoms with E-state index in [4.69, 9.17) is 4.74 Å². The maximum absolute atomic E-state index is 13.3. The van der Waals surface area contributed by atoms with Crippen LogP contribution >= 0.6 is 0 Å². The van der Waals surface area contributed by atoms with Crippen molar-refractivity contribution in [1.29, 1.82) is 0 Å². The predicted molar refractivity (Wildman–Crippen MR) is 134 cm³/mol. The lowest BCUT2D eigenvalue weighted by Crippen LogP contribution is -2.53. The number of phenolic OH excluding ortho intramolecular Hbond substituents is 1. The van der Waals surface area contributed by atoms with Crippen LogP contribution in [-0.2, 0) is 19.7 Å². The van der Waals surface area contributed by atoms with Crippen molar-refractivity contribution in [3.8, 4) is 5.75 Å². The van der Waals surface area contributed by atoms with Crippen molar-refractivity contribution in [1.82, 2.24) is 15.1 Å². The molecule has 1 saturated heterocycles. The summed E-state index contributed by atoms with van der Waals surface area (Å²) in [7, 11) is 3.47. The van der Waals surface area contributed by atoms with Crippen LogP contribution in [0.1, 0.15) is 76.2 Å². The Balaban J connectivity index is 1.72. The number of carbonyl (C=O) groups excluding carboxylic acids is 3. The van der Waals surface area contributed by atoms with Gasteiger partial charge >= 0.3 is 5.97 Å². The maximum atomic E-state index is 13.3. The van der Waals surface area contributed by atoms with E-state index >= 15 is 0 Å². The lowest BCUT2D eigenvalue weighted by atomic mass is 9.80. The van der Waals surface area contributed by atoms with E-state index in [0.717, 1.165) is 12.8 Å². The number of nitrogens with zero attached hydrogens (tertiary/aromatic N) is 2. The molecule has 0 aromatic heterocycles. The molecule has 1 aromatic rings. The molecular weight excluding hydrogens is 446 g/mol. The Morgan fingerprint density at radius 1 is 1.20 bits per heavy atom. The largest absolute Gasteiger partial charge is 0.508 e. The van der Waals surface area contributed by atoms with Gasteiger partial charge in [-0.2, -0.15) is 0 Å². The highest BCUT2D eigenvalue weighted by Crippen LogP contribution is 2.35. The Morgan fingerprint density at radius 3 is 2.49 bits per heavy atom. The molecule has 4 atom stereocenters. The minimum atomic E-state index is -0.635. The number of benzene rings is 1. The SMILES string of the molecule is COC(=O)C1CC(N(C)C(C)C)CCC1N1CC[C@H](NC(=O)c2ccc(O)c(C(C)(C)C)c2)C1=O. The van der Waals surface area contributed by atoms with Crippen LogP contribution in [0.15, 0.2) is 18.2 Å². The summed E-state index contributed by atoms with van der Waals surface area (Å²) in [6.07, 6.45) is 2.77. The number of amides is 2. The molecular formula is C27H41N3O5. The summed E-state index contributed by atoms with van der Waals surface area (Å²) >= 11 is 0. The minimum absolute atomic E-state index is 0.143. The number of ether oxygens (including phenoxy) is 1. The van der Waals surface area contributed by atoms with Gasteiger partial charge in [-0.25, -0.2) is 0 Å². The molecule has 2 amide bonds. The van der Waals surface area contributed by atoms with Gasteiger partial charge in [0.15, 0.2) is 0 Å². The van der Waals surface area contributed by atoms with Crippen LogP contribution in [0.2, 0.25) is 0 Å². The summed E-state index contributed by atoms with van der Waals surface area (Å²) in [5, 5.41) is 13.1. The maximum Gasteiger partial charge on any atom is 0.310 e. The fourth-order valence-electron chi connectivity index (χ4n) is 5.39. The number of hydrogen-bond acceptors (Lipinski definition) is 6. The fourth-order valence-corrected chi connectivity index (χ4v) is 5.39. The second-order valence-electron chi connectivity index (χ2n) is 11.3. The van der Waals surface area contributed by atoms with Gasteiger partial charge in [0.1, 0.15) is 11.8 Å². The zero-order chi connectivity index (χ0) is 26.1. The van der Waals surface area contributed by atoms with Gasteiger partial charge in [0.2, 0.25) is 5.91 Å². The van der Waals surface area contributed by atoms with Crippen LogP contribution in [0.4, 0.5) is 0 Å². The number of esters is 1. The minimum Gasteiger partial charge on any atom is -0.508 e. The van der Waals surface area contributed by atoms with Crippen LogP contribution in [0.25, 0.3) is 0 Å². The van der Waals surface area contributed by atoms with E-state index in [-0.39, 0.29) is 46.9 Å². The summed E-state index contributed by atoms with van der Waals surface area (Å²) in [5.74, 6) is -1.02. The van der Waals surface area contributed by atoms with E-state index in [0.29, 0.717) is 36.6 Å². The van der Waals surface area contributed by atoms with Crippen molar-refractivity contribution < 1.29 is 24.2 Å². The molecule has 3 rings (SSSR count). The Labute approximate surface area is 209 Å². The number of carbonyl (C=O) groups is 3. The first-order valence-electron chi connectivity index (χ1n) is 12.6. The second-order valence-corrected chi connectivity index (χ2v) is 11.3. The Morgan fingerprint density at radius 2 is 1.89 bits per heavy atom. The molecule has 1 aliphatic carbocycles. The zero-order valence-corrected chi connectivity index (χ0v) is 22.1. The van der Waals surface area contributed by atoms with Gasteiger partial charge in [-0.15, -0.1) is 0 Å². The summed E-state index contributed by atoms with van der Waals surface area (Å²) in [6, 6.07) is 4.53. The highest BCUT2D eigenvalue weighted by molar-refractivity contribution is 5.98. The van der Waals surface area contributed by atoms with Crippen molar-refractivity contribution in [3.63, 3.8) is 0 Å². The van der Waals surface area contributed by atoms with E-state index in [1.54, 1.807) is 17.0 Å². The van der Waals surface area contributed by atoms with E-state index in [9.17, 15) is 19.5 Å².